The van der Waals surface area contributed by atoms with Crippen molar-refractivity contribution in [3.8, 4) is 0 Å². The SMILES string of the molecule is [B]CC1CCCC1[P+]([B])(N1CCC[C@H]1COC)N1CCC[C@H]1COC. The maximum Gasteiger partial charge on any atom is 0.409 e. The first-order valence-corrected chi connectivity index (χ1v) is 11.9. The van der Waals surface area contributed by atoms with Gasteiger partial charge >= 0.3 is 7.57 Å². The van der Waals surface area contributed by atoms with Crippen molar-refractivity contribution in [2.24, 2.45) is 5.92 Å². The van der Waals surface area contributed by atoms with E-state index in [-0.39, 0.29) is 0 Å². The molecule has 3 rings (SSSR count). The third-order valence-corrected chi connectivity index (χ3v) is 11.0. The lowest BCUT2D eigenvalue weighted by Gasteiger charge is -2.48. The second-order valence-corrected chi connectivity index (χ2v) is 11.1. The molecule has 2 aliphatic heterocycles. The van der Waals surface area contributed by atoms with E-state index >= 15 is 0 Å². The molecule has 4 atom stereocenters. The predicted octanol–water partition coefficient (Wildman–Crippen LogP) is 2.89. The van der Waals surface area contributed by atoms with Crippen LogP contribution in [-0.2, 0) is 9.47 Å². The fourth-order valence-electron chi connectivity index (χ4n) is 5.53. The molecule has 4 nitrogen and oxygen atoms in total. The highest BCUT2D eigenvalue weighted by atomic mass is 31.2. The molecule has 0 N–H and O–H groups in total. The first-order valence-electron chi connectivity index (χ1n) is 10.1. The zero-order valence-corrected chi connectivity index (χ0v) is 17.0. The highest BCUT2D eigenvalue weighted by Crippen LogP contribution is 2.72. The summed E-state index contributed by atoms with van der Waals surface area (Å²) in [6.07, 6.45) is 9.40. The van der Waals surface area contributed by atoms with Gasteiger partial charge in [0, 0.05) is 27.3 Å². The van der Waals surface area contributed by atoms with Gasteiger partial charge in [0.25, 0.3) is 0 Å². The van der Waals surface area contributed by atoms with Gasteiger partial charge in [0.2, 0.25) is 0 Å². The van der Waals surface area contributed by atoms with Crippen molar-refractivity contribution in [3.05, 3.63) is 0 Å². The summed E-state index contributed by atoms with van der Waals surface area (Å²) in [5.74, 6) is 0.575. The van der Waals surface area contributed by atoms with Crippen molar-refractivity contribution in [1.29, 1.82) is 0 Å². The van der Waals surface area contributed by atoms with Crippen molar-refractivity contribution < 1.29 is 9.47 Å². The molecule has 1 saturated carbocycles. The van der Waals surface area contributed by atoms with Gasteiger partial charge < -0.3 is 9.47 Å². The Morgan fingerprint density at radius 1 is 0.880 bits per heavy atom. The first-order chi connectivity index (χ1) is 12.2. The predicted molar refractivity (Wildman–Crippen MR) is 108 cm³/mol. The molecule has 3 fully saturated rings. The lowest BCUT2D eigenvalue weighted by molar-refractivity contribution is 0.135. The molecule has 0 amide bonds. The van der Waals surface area contributed by atoms with E-state index in [1.54, 1.807) is 0 Å². The Bertz CT molecular complexity index is 408. The van der Waals surface area contributed by atoms with Gasteiger partial charge in [-0.25, -0.2) is 0 Å². The largest absolute Gasteiger partial charge is 0.409 e. The monoisotopic (exact) mass is 363 g/mol. The molecule has 0 aromatic carbocycles. The molecule has 0 spiro atoms. The molecule has 2 saturated heterocycles. The van der Waals surface area contributed by atoms with Crippen molar-refractivity contribution >= 4 is 22.9 Å². The molecule has 0 aromatic heterocycles. The number of rotatable bonds is 8. The molecule has 7 heteroatoms. The van der Waals surface area contributed by atoms with E-state index < -0.39 is 7.44 Å². The normalized spacial score (nSPS) is 35.0. The molecule has 1 aliphatic carbocycles. The minimum absolute atomic E-state index is 0.464. The third-order valence-electron chi connectivity index (χ3n) is 6.64. The maximum absolute atomic E-state index is 7.52. The van der Waals surface area contributed by atoms with E-state index in [0.717, 1.165) is 32.6 Å². The second-order valence-electron chi connectivity index (χ2n) is 8.02. The lowest BCUT2D eigenvalue weighted by atomic mass is 9.90. The molecule has 2 unspecified atom stereocenters. The molecule has 0 bridgehead atoms. The highest BCUT2D eigenvalue weighted by molar-refractivity contribution is 7.94. The molecule has 25 heavy (non-hydrogen) atoms. The summed E-state index contributed by atoms with van der Waals surface area (Å²) in [5.41, 5.74) is 0.549. The van der Waals surface area contributed by atoms with Crippen LogP contribution in [0, 0.1) is 5.92 Å². The number of hydrogen-bond donors (Lipinski definition) is 0. The average Bonchev–Trinajstić information content (AvgIpc) is 3.35. The fraction of sp³-hybridized carbons (Fsp3) is 1.00. The van der Waals surface area contributed by atoms with Gasteiger partial charge in [-0.1, -0.05) is 6.32 Å². The van der Waals surface area contributed by atoms with E-state index in [2.05, 4.69) is 9.34 Å². The summed E-state index contributed by atoms with van der Waals surface area (Å²) < 4.78 is 16.5. The number of methoxy groups -OCH3 is 2. The quantitative estimate of drug-likeness (QED) is 0.489. The Hall–Kier alpha value is 0.400. The van der Waals surface area contributed by atoms with Crippen molar-refractivity contribution in [1.82, 2.24) is 9.34 Å². The van der Waals surface area contributed by atoms with E-state index in [1.807, 2.05) is 14.2 Å². The molecule has 138 valence electrons. The molecular weight excluding hydrogens is 329 g/mol. The Morgan fingerprint density at radius 2 is 1.44 bits per heavy atom. The number of nitrogens with zero attached hydrogens (tertiary/aromatic N) is 2. The fourth-order valence-corrected chi connectivity index (χ4v) is 10.4. The van der Waals surface area contributed by atoms with Crippen LogP contribution in [0.15, 0.2) is 0 Å². The summed E-state index contributed by atoms with van der Waals surface area (Å²) >= 11 is 0. The molecule has 3 aliphatic rings. The van der Waals surface area contributed by atoms with Crippen molar-refractivity contribution in [3.63, 3.8) is 0 Å². The zero-order chi connectivity index (χ0) is 17.9. The summed E-state index contributed by atoms with van der Waals surface area (Å²) in [6.45, 7) is 3.81. The van der Waals surface area contributed by atoms with Crippen LogP contribution >= 0.6 is 7.44 Å². The standard InChI is InChI=1S/C18H34B2N2O2P/c1-23-13-16-7-4-10-21(16)25(20,18-9-3-6-15(18)12-19)22-11-5-8-17(22)14-24-2/h15-18H,3-14H2,1-2H3/q+1/t15?,16-,17-,18?/m0/s1. The van der Waals surface area contributed by atoms with Crippen LogP contribution in [0.2, 0.25) is 6.32 Å². The average molecular weight is 363 g/mol. The summed E-state index contributed by atoms with van der Waals surface area (Å²) in [4.78, 5) is 0. The van der Waals surface area contributed by atoms with Gasteiger partial charge in [0.15, 0.2) is 0 Å². The zero-order valence-electron chi connectivity index (χ0n) is 16.1. The van der Waals surface area contributed by atoms with Crippen LogP contribution in [0.1, 0.15) is 44.9 Å². The number of ether oxygens (including phenoxy) is 2. The smallest absolute Gasteiger partial charge is 0.383 e. The van der Waals surface area contributed by atoms with Crippen LogP contribution in [-0.4, -0.2) is 83.0 Å². The Balaban J connectivity index is 1.93. The number of hydrogen-bond acceptors (Lipinski definition) is 4. The molecular formula is C18H34B2N2O2P+. The van der Waals surface area contributed by atoms with Crippen LogP contribution in [0.5, 0.6) is 0 Å². The van der Waals surface area contributed by atoms with E-state index in [1.165, 1.54) is 44.9 Å². The van der Waals surface area contributed by atoms with Crippen LogP contribution in [0.25, 0.3) is 0 Å². The van der Waals surface area contributed by atoms with E-state index in [9.17, 15) is 0 Å². The molecule has 4 radical (unpaired) electrons. The molecule has 0 aromatic rings. The summed E-state index contributed by atoms with van der Waals surface area (Å²) in [6, 6.07) is 0.928. The topological polar surface area (TPSA) is 24.9 Å². The van der Waals surface area contributed by atoms with Crippen LogP contribution in [0.4, 0.5) is 0 Å². The van der Waals surface area contributed by atoms with Gasteiger partial charge in [0.05, 0.1) is 38.8 Å². The van der Waals surface area contributed by atoms with Crippen LogP contribution < -0.4 is 0 Å². The van der Waals surface area contributed by atoms with Gasteiger partial charge in [-0.05, 0) is 50.9 Å². The van der Waals surface area contributed by atoms with E-state index in [4.69, 9.17) is 24.9 Å². The Labute approximate surface area is 157 Å². The van der Waals surface area contributed by atoms with Crippen LogP contribution in [0.3, 0.4) is 0 Å². The van der Waals surface area contributed by atoms with Gasteiger partial charge in [0.1, 0.15) is 7.44 Å². The van der Waals surface area contributed by atoms with E-state index in [0.29, 0.717) is 23.7 Å². The second kappa shape index (κ2) is 9.06. The Kier molecular flexibility index (Phi) is 7.30. The van der Waals surface area contributed by atoms with Crippen molar-refractivity contribution in [2.75, 3.05) is 40.5 Å². The Morgan fingerprint density at radius 3 is 1.92 bits per heavy atom. The summed E-state index contributed by atoms with van der Waals surface area (Å²) in [7, 11) is 15.4. The van der Waals surface area contributed by atoms with Gasteiger partial charge in [-0.3, -0.25) is 0 Å². The molecule has 2 heterocycles. The maximum atomic E-state index is 7.52. The summed E-state index contributed by atoms with van der Waals surface area (Å²) in [5, 5.41) is 0. The third kappa shape index (κ3) is 3.85. The first kappa shape index (κ1) is 20.1. The highest BCUT2D eigenvalue weighted by Gasteiger charge is 2.60. The minimum Gasteiger partial charge on any atom is -0.383 e. The lowest BCUT2D eigenvalue weighted by Crippen LogP contribution is -2.48. The van der Waals surface area contributed by atoms with Gasteiger partial charge in [-0.15, -0.1) is 0 Å². The van der Waals surface area contributed by atoms with Gasteiger partial charge in [-0.2, -0.15) is 9.34 Å². The minimum atomic E-state index is -1.93. The van der Waals surface area contributed by atoms with Crippen molar-refractivity contribution in [2.45, 2.75) is 69.0 Å².